The van der Waals surface area contributed by atoms with E-state index in [2.05, 4.69) is 0 Å². The number of sulfonamides is 1. The summed E-state index contributed by atoms with van der Waals surface area (Å²) in [6, 6.07) is 14.0. The van der Waals surface area contributed by atoms with E-state index in [0.29, 0.717) is 5.56 Å². The highest BCUT2D eigenvalue weighted by Gasteiger charge is 2.48. The van der Waals surface area contributed by atoms with E-state index in [1.807, 2.05) is 25.1 Å². The van der Waals surface area contributed by atoms with E-state index in [1.54, 1.807) is 49.4 Å². The van der Waals surface area contributed by atoms with Crippen LogP contribution in [0.4, 0.5) is 0 Å². The summed E-state index contributed by atoms with van der Waals surface area (Å²) < 4.78 is 27.6. The predicted octanol–water partition coefficient (Wildman–Crippen LogP) is 3.49. The maximum absolute atomic E-state index is 13.3. The van der Waals surface area contributed by atoms with Gasteiger partial charge in [0.1, 0.15) is 5.78 Å². The van der Waals surface area contributed by atoms with Crippen molar-refractivity contribution in [3.8, 4) is 0 Å². The third-order valence-corrected chi connectivity index (χ3v) is 7.95. The molecule has 6 heteroatoms. The lowest BCUT2D eigenvalue weighted by molar-refractivity contribution is -0.127. The first kappa shape index (κ1) is 19.7. The molecule has 2 atom stereocenters. The molecule has 2 aromatic carbocycles. The fraction of sp³-hybridized carbons (Fsp3) is 0.304. The summed E-state index contributed by atoms with van der Waals surface area (Å²) >= 11 is 0. The molecule has 0 N–H and O–H groups in total. The number of carbonyl (C=O) groups is 2. The molecular formula is C23H23NO4S. The Balaban J connectivity index is 1.67. The van der Waals surface area contributed by atoms with E-state index in [4.69, 9.17) is 0 Å². The first-order valence-electron chi connectivity index (χ1n) is 9.66. The van der Waals surface area contributed by atoms with Gasteiger partial charge < -0.3 is 0 Å². The fourth-order valence-electron chi connectivity index (χ4n) is 4.16. The van der Waals surface area contributed by atoms with Crippen LogP contribution in [0.1, 0.15) is 34.8 Å². The number of carbonyl (C=O) groups excluding carboxylic acids is 2. The molecule has 0 unspecified atom stereocenters. The van der Waals surface area contributed by atoms with Gasteiger partial charge in [-0.15, -0.1) is 0 Å². The van der Waals surface area contributed by atoms with E-state index in [1.165, 1.54) is 4.31 Å². The number of Topliss-reactive ketones (excluding diaryl/α,β-unsaturated/α-hetero) is 2. The van der Waals surface area contributed by atoms with Gasteiger partial charge in [-0.3, -0.25) is 9.59 Å². The molecule has 2 aromatic rings. The Labute approximate surface area is 171 Å². The molecule has 0 radical (unpaired) electrons. The lowest BCUT2D eigenvalue weighted by Gasteiger charge is -2.40. The zero-order valence-corrected chi connectivity index (χ0v) is 17.3. The minimum Gasteiger partial charge on any atom is -0.299 e. The number of aryl methyl sites for hydroxylation is 1. The zero-order valence-electron chi connectivity index (χ0n) is 16.5. The molecule has 29 heavy (non-hydrogen) atoms. The van der Waals surface area contributed by atoms with Crippen molar-refractivity contribution in [3.05, 3.63) is 71.3 Å². The minimum absolute atomic E-state index is 0.00376. The maximum Gasteiger partial charge on any atom is 0.243 e. The molecular weight excluding hydrogens is 386 g/mol. The summed E-state index contributed by atoms with van der Waals surface area (Å²) in [5, 5.41) is 0. The quantitative estimate of drug-likeness (QED) is 0.778. The lowest BCUT2D eigenvalue weighted by Crippen LogP contribution is -2.52. The number of allylic oxidation sites excluding steroid dienone is 1. The van der Waals surface area contributed by atoms with E-state index >= 15 is 0 Å². The standard InChI is InChI=1S/C23H23NO4S/c1-16-7-9-18(10-8-16)29(27,28)24-14-12-21(25)20(15-24)23(2)13-11-17-5-3-4-6-19(17)22(23)26/h3-11,13,20H,12,14-15H2,1-2H3/t20-,23-/m0/s1. The van der Waals surface area contributed by atoms with Gasteiger partial charge in [0.05, 0.1) is 10.3 Å². The Morgan fingerprint density at radius 1 is 1.03 bits per heavy atom. The normalized spacial score (nSPS) is 25.1. The van der Waals surface area contributed by atoms with Crippen LogP contribution < -0.4 is 0 Å². The molecule has 1 fully saturated rings. The van der Waals surface area contributed by atoms with Crippen LogP contribution >= 0.6 is 0 Å². The second-order valence-electron chi connectivity index (χ2n) is 7.98. The van der Waals surface area contributed by atoms with E-state index in [9.17, 15) is 18.0 Å². The molecule has 5 nitrogen and oxygen atoms in total. The molecule has 1 heterocycles. The number of ketones is 2. The third kappa shape index (κ3) is 3.26. The molecule has 0 spiro atoms. The highest BCUT2D eigenvalue weighted by Crippen LogP contribution is 2.41. The van der Waals surface area contributed by atoms with Crippen LogP contribution in [0.25, 0.3) is 6.08 Å². The molecule has 1 saturated heterocycles. The zero-order chi connectivity index (χ0) is 20.8. The molecule has 0 saturated carbocycles. The van der Waals surface area contributed by atoms with Crippen molar-refractivity contribution >= 4 is 27.7 Å². The smallest absolute Gasteiger partial charge is 0.243 e. The molecule has 0 aromatic heterocycles. The van der Waals surface area contributed by atoms with Gasteiger partial charge in [-0.1, -0.05) is 54.1 Å². The van der Waals surface area contributed by atoms with Crippen LogP contribution in [0.5, 0.6) is 0 Å². The van der Waals surface area contributed by atoms with Crippen LogP contribution in [0.15, 0.2) is 59.5 Å². The third-order valence-electron chi connectivity index (χ3n) is 6.07. The largest absolute Gasteiger partial charge is 0.299 e. The summed E-state index contributed by atoms with van der Waals surface area (Å²) in [5.74, 6) is -0.919. The Bertz CT molecular complexity index is 1120. The molecule has 1 aliphatic carbocycles. The van der Waals surface area contributed by atoms with Crippen molar-refractivity contribution < 1.29 is 18.0 Å². The van der Waals surface area contributed by atoms with Gasteiger partial charge in [-0.2, -0.15) is 4.31 Å². The van der Waals surface area contributed by atoms with Crippen LogP contribution in [0, 0.1) is 18.3 Å². The summed E-state index contributed by atoms with van der Waals surface area (Å²) in [6.07, 6.45) is 3.73. The van der Waals surface area contributed by atoms with Crippen molar-refractivity contribution in [1.82, 2.24) is 4.31 Å². The second-order valence-corrected chi connectivity index (χ2v) is 9.92. The number of fused-ring (bicyclic) bond motifs is 1. The number of benzene rings is 2. The second kappa shape index (κ2) is 7.04. The molecule has 2 aliphatic rings. The molecule has 0 amide bonds. The van der Waals surface area contributed by atoms with E-state index in [-0.39, 0.29) is 36.0 Å². The summed E-state index contributed by atoms with van der Waals surface area (Å²) in [4.78, 5) is 26.3. The van der Waals surface area contributed by atoms with Crippen molar-refractivity contribution in [2.45, 2.75) is 25.2 Å². The summed E-state index contributed by atoms with van der Waals surface area (Å²) in [7, 11) is -3.73. The fourth-order valence-corrected chi connectivity index (χ4v) is 5.61. The Hall–Kier alpha value is -2.57. The average Bonchev–Trinajstić information content (AvgIpc) is 2.71. The van der Waals surface area contributed by atoms with Crippen LogP contribution in [-0.4, -0.2) is 37.4 Å². The van der Waals surface area contributed by atoms with Crippen LogP contribution in [-0.2, 0) is 14.8 Å². The SMILES string of the molecule is Cc1ccc(S(=O)(=O)N2CCC(=O)[C@@H]([C@]3(C)C=Cc4ccccc4C3=O)C2)cc1. The average molecular weight is 410 g/mol. The van der Waals surface area contributed by atoms with E-state index < -0.39 is 21.4 Å². The predicted molar refractivity (Wildman–Crippen MR) is 111 cm³/mol. The topological polar surface area (TPSA) is 71.5 Å². The Kier molecular flexibility index (Phi) is 4.79. The number of nitrogens with zero attached hydrogens (tertiary/aromatic N) is 1. The van der Waals surface area contributed by atoms with Gasteiger partial charge in [-0.05, 0) is 31.5 Å². The van der Waals surface area contributed by atoms with Gasteiger partial charge in [0.2, 0.25) is 10.0 Å². The number of hydrogen-bond donors (Lipinski definition) is 0. The minimum atomic E-state index is -3.73. The molecule has 1 aliphatic heterocycles. The van der Waals surface area contributed by atoms with Crippen molar-refractivity contribution in [1.29, 1.82) is 0 Å². The highest BCUT2D eigenvalue weighted by atomic mass is 32.2. The Morgan fingerprint density at radius 3 is 2.45 bits per heavy atom. The van der Waals surface area contributed by atoms with Crippen LogP contribution in [0.2, 0.25) is 0 Å². The number of piperidine rings is 1. The van der Waals surface area contributed by atoms with Crippen molar-refractivity contribution in [2.24, 2.45) is 11.3 Å². The highest BCUT2D eigenvalue weighted by molar-refractivity contribution is 7.89. The van der Waals surface area contributed by atoms with Crippen molar-refractivity contribution in [3.63, 3.8) is 0 Å². The molecule has 4 rings (SSSR count). The van der Waals surface area contributed by atoms with Gasteiger partial charge in [-0.25, -0.2) is 8.42 Å². The lowest BCUT2D eigenvalue weighted by atomic mass is 9.66. The first-order chi connectivity index (χ1) is 13.7. The van der Waals surface area contributed by atoms with Gasteiger partial charge in [0, 0.05) is 31.0 Å². The molecule has 150 valence electrons. The molecule has 0 bridgehead atoms. The summed E-state index contributed by atoms with van der Waals surface area (Å²) in [5.41, 5.74) is 1.30. The first-order valence-corrected chi connectivity index (χ1v) is 11.1. The maximum atomic E-state index is 13.3. The van der Waals surface area contributed by atoms with Gasteiger partial charge in [0.15, 0.2) is 5.78 Å². The van der Waals surface area contributed by atoms with Crippen LogP contribution in [0.3, 0.4) is 0 Å². The van der Waals surface area contributed by atoms with E-state index in [0.717, 1.165) is 11.1 Å². The Morgan fingerprint density at radius 2 is 1.72 bits per heavy atom. The van der Waals surface area contributed by atoms with Gasteiger partial charge >= 0.3 is 0 Å². The monoisotopic (exact) mass is 409 g/mol. The van der Waals surface area contributed by atoms with Crippen molar-refractivity contribution in [2.75, 3.05) is 13.1 Å². The summed E-state index contributed by atoms with van der Waals surface area (Å²) in [6.45, 7) is 3.78. The number of hydrogen-bond acceptors (Lipinski definition) is 4. The number of rotatable bonds is 3. The van der Waals surface area contributed by atoms with Gasteiger partial charge in [0.25, 0.3) is 0 Å².